The third kappa shape index (κ3) is 1.35. The first-order chi connectivity index (χ1) is 5.92. The maximum Gasteiger partial charge on any atom is 0.105 e. The Balaban J connectivity index is 2.14. The van der Waals surface area contributed by atoms with Crippen LogP contribution in [0.5, 0.6) is 0 Å². The van der Waals surface area contributed by atoms with E-state index >= 15 is 0 Å². The second kappa shape index (κ2) is 3.02. The standard InChI is InChI=1S/C11H12O/c1-2-12-11-8-10(11)9-6-4-3-5-7-9/h3-7H,2,8H2,1H3. The summed E-state index contributed by atoms with van der Waals surface area (Å²) in [5.74, 6) is 1.17. The fraction of sp³-hybridized carbons (Fsp3) is 0.273. The summed E-state index contributed by atoms with van der Waals surface area (Å²) in [6.45, 7) is 2.81. The van der Waals surface area contributed by atoms with Gasteiger partial charge in [-0.2, -0.15) is 0 Å². The minimum atomic E-state index is 0.783. The first kappa shape index (κ1) is 7.41. The quantitative estimate of drug-likeness (QED) is 0.660. The maximum absolute atomic E-state index is 5.40. The Kier molecular flexibility index (Phi) is 1.86. The first-order valence-electron chi connectivity index (χ1n) is 4.32. The van der Waals surface area contributed by atoms with Crippen molar-refractivity contribution < 1.29 is 4.74 Å². The molecule has 0 amide bonds. The summed E-state index contributed by atoms with van der Waals surface area (Å²) in [4.78, 5) is 0. The molecule has 0 heterocycles. The molecular weight excluding hydrogens is 148 g/mol. The van der Waals surface area contributed by atoms with Gasteiger partial charge in [0.05, 0.1) is 6.61 Å². The summed E-state index contributed by atoms with van der Waals surface area (Å²) >= 11 is 0. The topological polar surface area (TPSA) is 9.23 Å². The van der Waals surface area contributed by atoms with Crippen LogP contribution in [0.1, 0.15) is 18.9 Å². The summed E-state index contributed by atoms with van der Waals surface area (Å²) < 4.78 is 5.40. The van der Waals surface area contributed by atoms with Crippen molar-refractivity contribution in [3.05, 3.63) is 41.7 Å². The monoisotopic (exact) mass is 160 g/mol. The number of hydrogen-bond acceptors (Lipinski definition) is 1. The fourth-order valence-electron chi connectivity index (χ4n) is 1.33. The molecule has 0 N–H and O–H groups in total. The molecule has 1 nitrogen and oxygen atoms in total. The van der Waals surface area contributed by atoms with Gasteiger partial charge in [0, 0.05) is 12.0 Å². The van der Waals surface area contributed by atoms with Crippen LogP contribution in [-0.4, -0.2) is 6.61 Å². The van der Waals surface area contributed by atoms with Crippen LogP contribution in [-0.2, 0) is 4.74 Å². The molecule has 0 bridgehead atoms. The Hall–Kier alpha value is -1.24. The Morgan fingerprint density at radius 1 is 1.25 bits per heavy atom. The SMILES string of the molecule is CCOC1=C(c2ccccc2)C1. The molecule has 0 unspecified atom stereocenters. The van der Waals surface area contributed by atoms with E-state index in [4.69, 9.17) is 4.74 Å². The fourth-order valence-corrected chi connectivity index (χ4v) is 1.33. The molecule has 0 radical (unpaired) electrons. The Bertz CT molecular complexity index is 298. The molecule has 0 saturated heterocycles. The maximum atomic E-state index is 5.40. The Labute approximate surface area is 72.7 Å². The summed E-state index contributed by atoms with van der Waals surface area (Å²) in [5, 5.41) is 0. The average molecular weight is 160 g/mol. The summed E-state index contributed by atoms with van der Waals surface area (Å²) in [6.07, 6.45) is 1.04. The van der Waals surface area contributed by atoms with Crippen LogP contribution in [0.25, 0.3) is 5.57 Å². The number of allylic oxidation sites excluding steroid dienone is 2. The van der Waals surface area contributed by atoms with E-state index < -0.39 is 0 Å². The smallest absolute Gasteiger partial charge is 0.105 e. The van der Waals surface area contributed by atoms with Crippen molar-refractivity contribution in [2.24, 2.45) is 0 Å². The molecule has 1 aromatic rings. The van der Waals surface area contributed by atoms with Gasteiger partial charge < -0.3 is 4.74 Å². The molecule has 1 aliphatic rings. The largest absolute Gasteiger partial charge is 0.498 e. The third-order valence-electron chi connectivity index (χ3n) is 1.99. The van der Waals surface area contributed by atoms with Crippen molar-refractivity contribution in [1.82, 2.24) is 0 Å². The zero-order valence-corrected chi connectivity index (χ0v) is 7.21. The van der Waals surface area contributed by atoms with Crippen LogP contribution >= 0.6 is 0 Å². The van der Waals surface area contributed by atoms with Gasteiger partial charge >= 0.3 is 0 Å². The highest BCUT2D eigenvalue weighted by Gasteiger charge is 2.23. The number of rotatable bonds is 3. The minimum Gasteiger partial charge on any atom is -0.498 e. The molecule has 62 valence electrons. The van der Waals surface area contributed by atoms with Gasteiger partial charge in [-0.05, 0) is 12.5 Å². The van der Waals surface area contributed by atoms with Crippen LogP contribution in [0.4, 0.5) is 0 Å². The van der Waals surface area contributed by atoms with E-state index in [0.29, 0.717) is 0 Å². The van der Waals surface area contributed by atoms with Crippen molar-refractivity contribution in [3.63, 3.8) is 0 Å². The molecule has 0 saturated carbocycles. The highest BCUT2D eigenvalue weighted by Crippen LogP contribution is 2.40. The lowest BCUT2D eigenvalue weighted by atomic mass is 10.2. The van der Waals surface area contributed by atoms with Crippen molar-refractivity contribution in [1.29, 1.82) is 0 Å². The number of benzene rings is 1. The van der Waals surface area contributed by atoms with Crippen LogP contribution in [0.15, 0.2) is 36.1 Å². The average Bonchev–Trinajstić information content (AvgIpc) is 2.87. The van der Waals surface area contributed by atoms with Crippen molar-refractivity contribution >= 4 is 5.57 Å². The predicted molar refractivity (Wildman–Crippen MR) is 49.6 cm³/mol. The molecule has 1 heteroatoms. The van der Waals surface area contributed by atoms with Gasteiger partial charge in [0.1, 0.15) is 5.76 Å². The minimum absolute atomic E-state index is 0.783. The summed E-state index contributed by atoms with van der Waals surface area (Å²) in [6, 6.07) is 10.4. The molecule has 0 aliphatic heterocycles. The van der Waals surface area contributed by atoms with Gasteiger partial charge in [0.25, 0.3) is 0 Å². The van der Waals surface area contributed by atoms with Gasteiger partial charge in [-0.1, -0.05) is 30.3 Å². The second-order valence-corrected chi connectivity index (χ2v) is 2.88. The molecular formula is C11H12O. The van der Waals surface area contributed by atoms with Crippen LogP contribution in [0.3, 0.4) is 0 Å². The van der Waals surface area contributed by atoms with Crippen LogP contribution in [0.2, 0.25) is 0 Å². The number of ether oxygens (including phenoxy) is 1. The highest BCUT2D eigenvalue weighted by molar-refractivity contribution is 5.80. The van der Waals surface area contributed by atoms with E-state index in [2.05, 4.69) is 24.3 Å². The van der Waals surface area contributed by atoms with Gasteiger partial charge in [-0.15, -0.1) is 0 Å². The van der Waals surface area contributed by atoms with E-state index in [0.717, 1.165) is 13.0 Å². The van der Waals surface area contributed by atoms with Gasteiger partial charge in [-0.25, -0.2) is 0 Å². The van der Waals surface area contributed by atoms with Gasteiger partial charge in [-0.3, -0.25) is 0 Å². The van der Waals surface area contributed by atoms with E-state index in [1.54, 1.807) is 0 Å². The van der Waals surface area contributed by atoms with E-state index in [1.165, 1.54) is 16.9 Å². The lowest BCUT2D eigenvalue weighted by Crippen LogP contribution is -1.77. The number of hydrogen-bond donors (Lipinski definition) is 0. The molecule has 1 aliphatic carbocycles. The molecule has 0 spiro atoms. The van der Waals surface area contributed by atoms with Crippen molar-refractivity contribution in [2.45, 2.75) is 13.3 Å². The van der Waals surface area contributed by atoms with Crippen LogP contribution < -0.4 is 0 Å². The van der Waals surface area contributed by atoms with Crippen LogP contribution in [0, 0.1) is 0 Å². The zero-order valence-electron chi connectivity index (χ0n) is 7.21. The summed E-state index contributed by atoms with van der Waals surface area (Å²) in [5.41, 5.74) is 2.68. The lowest BCUT2D eigenvalue weighted by Gasteiger charge is -1.92. The second-order valence-electron chi connectivity index (χ2n) is 2.88. The zero-order chi connectivity index (χ0) is 8.39. The molecule has 1 aromatic carbocycles. The lowest BCUT2D eigenvalue weighted by molar-refractivity contribution is 0.245. The highest BCUT2D eigenvalue weighted by atomic mass is 16.5. The van der Waals surface area contributed by atoms with E-state index in [1.807, 2.05) is 13.0 Å². The third-order valence-corrected chi connectivity index (χ3v) is 1.99. The molecule has 12 heavy (non-hydrogen) atoms. The van der Waals surface area contributed by atoms with Crippen molar-refractivity contribution in [3.8, 4) is 0 Å². The Morgan fingerprint density at radius 3 is 2.67 bits per heavy atom. The normalized spacial score (nSPS) is 14.8. The predicted octanol–water partition coefficient (Wildman–Crippen LogP) is 2.84. The Morgan fingerprint density at radius 2 is 2.00 bits per heavy atom. The molecule has 0 fully saturated rings. The summed E-state index contributed by atoms with van der Waals surface area (Å²) in [7, 11) is 0. The molecule has 2 rings (SSSR count). The first-order valence-corrected chi connectivity index (χ1v) is 4.32. The van der Waals surface area contributed by atoms with E-state index in [9.17, 15) is 0 Å². The van der Waals surface area contributed by atoms with Gasteiger partial charge in [0.15, 0.2) is 0 Å². The van der Waals surface area contributed by atoms with E-state index in [-0.39, 0.29) is 0 Å². The molecule has 0 aromatic heterocycles. The molecule has 0 atom stereocenters. The van der Waals surface area contributed by atoms with Gasteiger partial charge in [0.2, 0.25) is 0 Å². The van der Waals surface area contributed by atoms with Crippen molar-refractivity contribution in [2.75, 3.05) is 6.61 Å².